The van der Waals surface area contributed by atoms with Crippen molar-refractivity contribution in [1.29, 1.82) is 0 Å². The molecule has 29 heavy (non-hydrogen) atoms. The Labute approximate surface area is 165 Å². The summed E-state index contributed by atoms with van der Waals surface area (Å²) in [4.78, 5) is 27.2. The molecule has 1 aromatic heterocycles. The standard InChI is InChI=1S/C18H14F3N3O4S/c1-28-8-7-23-14-10-13(24(26)27)5-6-15(14)29-17(23)22-16(25)11-3-2-4-12(9-11)18(19,20)21/h2-6,9-10H,7-8H2,1H3. The summed E-state index contributed by atoms with van der Waals surface area (Å²) in [6.45, 7) is 0.506. The maximum Gasteiger partial charge on any atom is 0.416 e. The van der Waals surface area contributed by atoms with Gasteiger partial charge in [0.1, 0.15) is 0 Å². The molecule has 0 atom stereocenters. The number of alkyl halides is 3. The second-order valence-corrected chi connectivity index (χ2v) is 6.94. The Kier molecular flexibility index (Phi) is 5.80. The van der Waals surface area contributed by atoms with Crippen LogP contribution >= 0.6 is 11.3 Å². The van der Waals surface area contributed by atoms with E-state index in [-0.39, 0.29) is 29.2 Å². The molecule has 0 saturated heterocycles. The maximum absolute atomic E-state index is 12.9. The number of rotatable bonds is 5. The van der Waals surface area contributed by atoms with Gasteiger partial charge in [0.05, 0.1) is 27.3 Å². The van der Waals surface area contributed by atoms with Gasteiger partial charge in [-0.3, -0.25) is 14.9 Å². The first-order valence-corrected chi connectivity index (χ1v) is 9.05. The van der Waals surface area contributed by atoms with Crippen LogP contribution in [0, 0.1) is 10.1 Å². The molecule has 11 heteroatoms. The molecule has 0 saturated carbocycles. The van der Waals surface area contributed by atoms with Crippen molar-refractivity contribution in [3.05, 3.63) is 68.5 Å². The van der Waals surface area contributed by atoms with Gasteiger partial charge in [0.15, 0.2) is 4.80 Å². The summed E-state index contributed by atoms with van der Waals surface area (Å²) in [5.41, 5.74) is -0.798. The third-order valence-electron chi connectivity index (χ3n) is 4.03. The molecule has 2 aromatic carbocycles. The van der Waals surface area contributed by atoms with Gasteiger partial charge in [0.25, 0.3) is 11.6 Å². The Hall–Kier alpha value is -3.05. The lowest BCUT2D eigenvalue weighted by molar-refractivity contribution is -0.384. The predicted molar refractivity (Wildman–Crippen MR) is 99.7 cm³/mol. The average Bonchev–Trinajstić information content (AvgIpc) is 3.01. The second kappa shape index (κ2) is 8.13. The second-order valence-electron chi connectivity index (χ2n) is 5.93. The number of nitrogens with zero attached hydrogens (tertiary/aromatic N) is 3. The minimum Gasteiger partial charge on any atom is -0.383 e. The summed E-state index contributed by atoms with van der Waals surface area (Å²) in [7, 11) is 1.47. The fourth-order valence-electron chi connectivity index (χ4n) is 2.63. The number of fused-ring (bicyclic) bond motifs is 1. The predicted octanol–water partition coefficient (Wildman–Crippen LogP) is 4.02. The van der Waals surface area contributed by atoms with Gasteiger partial charge in [0.2, 0.25) is 0 Å². The van der Waals surface area contributed by atoms with Gasteiger partial charge >= 0.3 is 6.18 Å². The minimum atomic E-state index is -4.58. The molecule has 0 aliphatic carbocycles. The average molecular weight is 425 g/mol. The summed E-state index contributed by atoms with van der Waals surface area (Å²) >= 11 is 1.10. The molecule has 0 aliphatic rings. The summed E-state index contributed by atoms with van der Waals surface area (Å²) < 4.78 is 45.9. The van der Waals surface area contributed by atoms with Crippen LogP contribution in [-0.2, 0) is 17.5 Å². The van der Waals surface area contributed by atoms with Crippen LogP contribution in [0.2, 0.25) is 0 Å². The van der Waals surface area contributed by atoms with Crippen LogP contribution in [0.4, 0.5) is 18.9 Å². The lowest BCUT2D eigenvalue weighted by Gasteiger charge is -2.07. The number of methoxy groups -OCH3 is 1. The first-order valence-electron chi connectivity index (χ1n) is 8.24. The Morgan fingerprint density at radius 3 is 2.69 bits per heavy atom. The number of hydrogen-bond acceptors (Lipinski definition) is 5. The molecule has 3 aromatic rings. The summed E-state index contributed by atoms with van der Waals surface area (Å²) in [6.07, 6.45) is -4.58. The van der Waals surface area contributed by atoms with Crippen molar-refractivity contribution in [3.8, 4) is 0 Å². The maximum atomic E-state index is 12.9. The van der Waals surface area contributed by atoms with Gasteiger partial charge in [-0.15, -0.1) is 0 Å². The van der Waals surface area contributed by atoms with E-state index >= 15 is 0 Å². The van der Waals surface area contributed by atoms with E-state index in [9.17, 15) is 28.1 Å². The monoisotopic (exact) mass is 425 g/mol. The highest BCUT2D eigenvalue weighted by Gasteiger charge is 2.30. The summed E-state index contributed by atoms with van der Waals surface area (Å²) in [5, 5.41) is 11.1. The number of carbonyl (C=O) groups excluding carboxylic acids is 1. The van der Waals surface area contributed by atoms with Crippen LogP contribution in [-0.4, -0.2) is 29.1 Å². The van der Waals surface area contributed by atoms with Gasteiger partial charge in [-0.2, -0.15) is 18.2 Å². The van der Waals surface area contributed by atoms with E-state index in [1.54, 1.807) is 4.57 Å². The number of nitro benzene ring substituents is 1. The topological polar surface area (TPSA) is 86.7 Å². The van der Waals surface area contributed by atoms with Gasteiger partial charge in [0, 0.05) is 31.4 Å². The van der Waals surface area contributed by atoms with Crippen LogP contribution in [0.15, 0.2) is 47.5 Å². The SMILES string of the molecule is COCCn1c(=NC(=O)c2cccc(C(F)(F)F)c2)sc2ccc([N+](=O)[O-])cc21. The zero-order valence-electron chi connectivity index (χ0n) is 15.0. The first-order chi connectivity index (χ1) is 13.7. The largest absolute Gasteiger partial charge is 0.416 e. The molecule has 0 bridgehead atoms. The highest BCUT2D eigenvalue weighted by atomic mass is 32.1. The van der Waals surface area contributed by atoms with E-state index < -0.39 is 22.6 Å². The molecule has 0 fully saturated rings. The van der Waals surface area contributed by atoms with Crippen molar-refractivity contribution >= 4 is 33.1 Å². The molecule has 1 heterocycles. The third-order valence-corrected chi connectivity index (χ3v) is 5.09. The number of halogens is 3. The molecular formula is C18H14F3N3O4S. The van der Waals surface area contributed by atoms with Crippen molar-refractivity contribution in [2.75, 3.05) is 13.7 Å². The molecule has 7 nitrogen and oxygen atoms in total. The minimum absolute atomic E-state index is 0.128. The highest BCUT2D eigenvalue weighted by Crippen LogP contribution is 2.29. The molecule has 152 valence electrons. The fraction of sp³-hybridized carbons (Fsp3) is 0.222. The fourth-order valence-corrected chi connectivity index (χ4v) is 3.67. The van der Waals surface area contributed by atoms with E-state index in [1.807, 2.05) is 0 Å². The van der Waals surface area contributed by atoms with Gasteiger partial charge < -0.3 is 9.30 Å². The van der Waals surface area contributed by atoms with E-state index in [1.165, 1.54) is 31.4 Å². The van der Waals surface area contributed by atoms with Crippen LogP contribution in [0.5, 0.6) is 0 Å². The number of aromatic nitrogens is 1. The van der Waals surface area contributed by atoms with Crippen molar-refractivity contribution in [2.24, 2.45) is 4.99 Å². The number of ether oxygens (including phenoxy) is 1. The third kappa shape index (κ3) is 4.51. The Bertz CT molecular complexity index is 1150. The number of carbonyl (C=O) groups is 1. The highest BCUT2D eigenvalue weighted by molar-refractivity contribution is 7.16. The van der Waals surface area contributed by atoms with Gasteiger partial charge in [-0.05, 0) is 24.3 Å². The molecule has 1 amide bonds. The van der Waals surface area contributed by atoms with Crippen LogP contribution < -0.4 is 4.80 Å². The molecule has 0 spiro atoms. The number of hydrogen-bond donors (Lipinski definition) is 0. The van der Waals surface area contributed by atoms with E-state index in [2.05, 4.69) is 4.99 Å². The van der Waals surface area contributed by atoms with Crippen molar-refractivity contribution in [3.63, 3.8) is 0 Å². The van der Waals surface area contributed by atoms with Crippen LogP contribution in [0.3, 0.4) is 0 Å². The zero-order valence-corrected chi connectivity index (χ0v) is 15.8. The number of benzene rings is 2. The van der Waals surface area contributed by atoms with E-state index in [0.717, 1.165) is 29.5 Å². The summed E-state index contributed by atoms with van der Waals surface area (Å²) in [6, 6.07) is 8.22. The quantitative estimate of drug-likeness (QED) is 0.456. The van der Waals surface area contributed by atoms with Crippen molar-refractivity contribution in [2.45, 2.75) is 12.7 Å². The summed E-state index contributed by atoms with van der Waals surface area (Å²) in [5.74, 6) is -0.844. The molecule has 3 rings (SSSR count). The van der Waals surface area contributed by atoms with Gasteiger partial charge in [-0.25, -0.2) is 0 Å². The first kappa shape index (κ1) is 20.7. The lowest BCUT2D eigenvalue weighted by atomic mass is 10.1. The zero-order chi connectivity index (χ0) is 21.2. The number of nitro groups is 1. The number of thiazole rings is 1. The Balaban J connectivity index is 2.11. The molecule has 0 N–H and O–H groups in total. The van der Waals surface area contributed by atoms with Crippen LogP contribution in [0.25, 0.3) is 10.2 Å². The Morgan fingerprint density at radius 2 is 2.03 bits per heavy atom. The normalized spacial score (nSPS) is 12.5. The molecule has 0 aliphatic heterocycles. The van der Waals surface area contributed by atoms with Crippen molar-refractivity contribution in [1.82, 2.24) is 4.57 Å². The van der Waals surface area contributed by atoms with E-state index in [4.69, 9.17) is 4.74 Å². The molecule has 0 unspecified atom stereocenters. The number of non-ortho nitro benzene ring substituents is 1. The van der Waals surface area contributed by atoms with Crippen LogP contribution in [0.1, 0.15) is 15.9 Å². The lowest BCUT2D eigenvalue weighted by Crippen LogP contribution is -2.19. The molecule has 0 radical (unpaired) electrons. The van der Waals surface area contributed by atoms with Gasteiger partial charge in [-0.1, -0.05) is 17.4 Å². The molecular weight excluding hydrogens is 411 g/mol. The smallest absolute Gasteiger partial charge is 0.383 e. The number of amides is 1. The van der Waals surface area contributed by atoms with Crippen molar-refractivity contribution < 1.29 is 27.6 Å². The van der Waals surface area contributed by atoms with E-state index in [0.29, 0.717) is 10.2 Å². The Morgan fingerprint density at radius 1 is 1.28 bits per heavy atom.